The molecule has 0 atom stereocenters. The van der Waals surface area contributed by atoms with E-state index in [9.17, 15) is 0 Å². The van der Waals surface area contributed by atoms with Crippen molar-refractivity contribution in [3.8, 4) is 23.9 Å². The molecule has 2 heteroatoms. The van der Waals surface area contributed by atoms with E-state index >= 15 is 0 Å². The van der Waals surface area contributed by atoms with Crippen molar-refractivity contribution >= 4 is 28.4 Å². The van der Waals surface area contributed by atoms with Crippen LogP contribution in [0.5, 0.6) is 0 Å². The Kier molecular flexibility index (Phi) is 13.8. The smallest absolute Gasteiger partial charge is 0.127 e. The summed E-state index contributed by atoms with van der Waals surface area (Å²) < 4.78 is 0. The average molecular weight is 87.1 g/mol. The molecule has 0 aliphatic heterocycles. The molecule has 0 amide bonds. The van der Waals surface area contributed by atoms with Crippen LogP contribution in [0.2, 0.25) is 0 Å². The van der Waals surface area contributed by atoms with Gasteiger partial charge >= 0.3 is 0 Å². The first-order valence-electron chi connectivity index (χ1n) is 1.28. The summed E-state index contributed by atoms with van der Waals surface area (Å²) in [4.78, 5) is 0. The fraction of sp³-hybridized carbons (Fsp3) is 0. The van der Waals surface area contributed by atoms with Crippen LogP contribution >= 0.6 is 0 Å². The second kappa shape index (κ2) is 8.87. The zero-order valence-corrected chi connectivity index (χ0v) is 5.28. The second-order valence-corrected chi connectivity index (χ2v) is 1.76. The molecule has 0 unspecified atom stereocenters. The van der Waals surface area contributed by atoms with Gasteiger partial charge in [-0.15, -0.1) is 23.9 Å². The summed E-state index contributed by atoms with van der Waals surface area (Å²) in [6, 6.07) is 0. The Morgan fingerprint density at radius 3 is 1.50 bits per heavy atom. The summed E-state index contributed by atoms with van der Waals surface area (Å²) in [6.45, 7) is 0. The van der Waals surface area contributed by atoms with Crippen LogP contribution < -0.4 is 0 Å². The van der Waals surface area contributed by atoms with Crippen molar-refractivity contribution < 1.29 is 0 Å². The fourth-order valence-electron chi connectivity index (χ4n) is 0.0589. The van der Waals surface area contributed by atoms with Gasteiger partial charge in [0.25, 0.3) is 0 Å². The monoisotopic (exact) mass is 87.0 g/mol. The van der Waals surface area contributed by atoms with Gasteiger partial charge in [0, 0.05) is 18.9 Å². The van der Waals surface area contributed by atoms with Gasteiger partial charge in [-0.1, -0.05) is 0 Å². The molecule has 0 aromatic heterocycles. The Labute approximate surface area is 52.7 Å². The molecule has 0 saturated heterocycles. The van der Waals surface area contributed by atoms with E-state index in [0.717, 1.165) is 0 Å². The number of hydrogen-bond donors (Lipinski definition) is 0. The first-order chi connectivity index (χ1) is 2.41. The molecule has 0 nitrogen and oxygen atoms in total. The van der Waals surface area contributed by atoms with E-state index in [1.54, 1.807) is 0 Å². The quantitative estimate of drug-likeness (QED) is 0.261. The molecule has 0 bridgehead atoms. The van der Waals surface area contributed by atoms with Crippen LogP contribution in [0.1, 0.15) is 0 Å². The first kappa shape index (κ1) is 9.33. The van der Waals surface area contributed by atoms with E-state index in [1.165, 1.54) is 0 Å². The van der Waals surface area contributed by atoms with Crippen molar-refractivity contribution in [2.75, 3.05) is 0 Å². The van der Waals surface area contributed by atoms with Crippen molar-refractivity contribution in [3.63, 3.8) is 0 Å². The summed E-state index contributed by atoms with van der Waals surface area (Å²) in [5, 5.41) is 0. The second-order valence-electron chi connectivity index (χ2n) is 0.585. The summed E-state index contributed by atoms with van der Waals surface area (Å²) in [7, 11) is -0.512. The largest absolute Gasteiger partial charge is 0.186 e. The molecular weight excluding hydrogens is 83.1 g/mol. The third kappa shape index (κ3) is 9.05. The average Bonchev–Trinajstić information content (AvgIpc) is 1.41. The van der Waals surface area contributed by atoms with Gasteiger partial charge in [0.05, 0.1) is 0 Å². The molecule has 0 saturated carbocycles. The van der Waals surface area contributed by atoms with Crippen molar-refractivity contribution in [2.24, 2.45) is 0 Å². The van der Waals surface area contributed by atoms with Gasteiger partial charge in [-0.05, 0) is 0 Å². The number of hydrogen-bond acceptors (Lipinski definition) is 0. The summed E-state index contributed by atoms with van der Waals surface area (Å²) in [6.07, 6.45) is 9.62. The number of rotatable bonds is 0. The maximum atomic E-state index is 4.81. The van der Waals surface area contributed by atoms with E-state index in [0.29, 0.717) is 0 Å². The van der Waals surface area contributed by atoms with Crippen LogP contribution in [0.4, 0.5) is 0 Å². The van der Waals surface area contributed by atoms with Crippen LogP contribution in [-0.4, -0.2) is 28.4 Å². The van der Waals surface area contributed by atoms with Gasteiger partial charge < -0.3 is 0 Å². The van der Waals surface area contributed by atoms with Crippen LogP contribution in [0, 0.1) is 23.9 Å². The Morgan fingerprint density at radius 2 is 1.50 bits per heavy atom. The van der Waals surface area contributed by atoms with E-state index in [4.69, 9.17) is 12.8 Å². The molecule has 0 aliphatic carbocycles. The molecule has 25 valence electrons. The molecule has 0 fully saturated rings. The minimum Gasteiger partial charge on any atom is -0.127 e. The molecule has 0 aromatic rings. The molecule has 6 heavy (non-hydrogen) atoms. The first-order valence-corrected chi connectivity index (χ1v) is 2.70. The third-order valence-electron chi connectivity index (χ3n) is 0.204. The van der Waals surface area contributed by atoms with Crippen molar-refractivity contribution in [3.05, 3.63) is 0 Å². The summed E-state index contributed by atoms with van der Waals surface area (Å²) in [5.74, 6) is 0. The van der Waals surface area contributed by atoms with Crippen molar-refractivity contribution in [1.82, 2.24) is 0 Å². The van der Waals surface area contributed by atoms with Crippen LogP contribution in [0.3, 0.4) is 0 Å². The third-order valence-corrected chi connectivity index (χ3v) is 0.612. The SMILES string of the molecule is C#C[SiH2]C#C.[Li]. The number of terminal acetylenes is 2. The predicted molar refractivity (Wildman–Crippen MR) is 32.0 cm³/mol. The molecule has 0 spiro atoms. The van der Waals surface area contributed by atoms with Crippen LogP contribution in [-0.2, 0) is 0 Å². The minimum absolute atomic E-state index is 0. The predicted octanol–water partition coefficient (Wildman–Crippen LogP) is -1.04. The zero-order chi connectivity index (χ0) is 4.12. The van der Waals surface area contributed by atoms with Gasteiger partial charge in [-0.3, -0.25) is 0 Å². The Hall–Kier alpha value is -0.0657. The standard InChI is InChI=1S/C4H4Si.Li/c1-3-5-4-2;/h1-2H,5H2;. The molecular formula is C4H4LiSi. The molecule has 0 aliphatic rings. The van der Waals surface area contributed by atoms with Gasteiger partial charge in [0.1, 0.15) is 0 Å². The minimum atomic E-state index is -0.512. The molecule has 1 radical (unpaired) electrons. The Morgan fingerprint density at radius 1 is 1.17 bits per heavy atom. The summed E-state index contributed by atoms with van der Waals surface area (Å²) in [5.41, 5.74) is 4.84. The van der Waals surface area contributed by atoms with Crippen molar-refractivity contribution in [1.29, 1.82) is 0 Å². The van der Waals surface area contributed by atoms with Gasteiger partial charge in [0.2, 0.25) is 0 Å². The molecule has 0 heterocycles. The fourth-order valence-corrected chi connectivity index (χ4v) is 0.177. The van der Waals surface area contributed by atoms with Gasteiger partial charge in [0.15, 0.2) is 9.52 Å². The Balaban J connectivity index is 0. The summed E-state index contributed by atoms with van der Waals surface area (Å²) >= 11 is 0. The van der Waals surface area contributed by atoms with E-state index < -0.39 is 9.52 Å². The molecule has 0 aromatic carbocycles. The zero-order valence-electron chi connectivity index (χ0n) is 3.86. The van der Waals surface area contributed by atoms with Gasteiger partial charge in [-0.25, -0.2) is 0 Å². The Bertz CT molecular complexity index is 72.7. The normalized spacial score (nSPS) is 3.67. The molecule has 0 N–H and O–H groups in total. The van der Waals surface area contributed by atoms with Crippen LogP contribution in [0.25, 0.3) is 0 Å². The van der Waals surface area contributed by atoms with E-state index in [-0.39, 0.29) is 18.9 Å². The van der Waals surface area contributed by atoms with Gasteiger partial charge in [-0.2, -0.15) is 0 Å². The topological polar surface area (TPSA) is 0 Å². The van der Waals surface area contributed by atoms with Crippen molar-refractivity contribution in [2.45, 2.75) is 0 Å². The maximum Gasteiger partial charge on any atom is 0.186 e. The molecule has 0 rings (SSSR count). The van der Waals surface area contributed by atoms with E-state index in [1.807, 2.05) is 0 Å². The van der Waals surface area contributed by atoms with E-state index in [2.05, 4.69) is 11.1 Å². The maximum absolute atomic E-state index is 4.81. The van der Waals surface area contributed by atoms with Crippen LogP contribution in [0.15, 0.2) is 0 Å².